The summed E-state index contributed by atoms with van der Waals surface area (Å²) in [5.74, 6) is 1.03. The van der Waals surface area contributed by atoms with Gasteiger partial charge < -0.3 is 10.1 Å². The van der Waals surface area contributed by atoms with E-state index in [-0.39, 0.29) is 0 Å². The molecule has 1 N–H and O–H groups in total. The molecule has 1 aliphatic rings. The highest BCUT2D eigenvalue weighted by Crippen LogP contribution is 2.16. The first kappa shape index (κ1) is 14.4. The third-order valence-corrected chi connectivity index (χ3v) is 3.83. The van der Waals surface area contributed by atoms with Crippen LogP contribution in [0.25, 0.3) is 0 Å². The number of aryl methyl sites for hydroxylation is 1. The molecule has 0 amide bonds. The largest absolute Gasteiger partial charge is 0.493 e. The van der Waals surface area contributed by atoms with Crippen molar-refractivity contribution in [3.05, 3.63) is 29.8 Å². The number of nitrogens with zero attached hydrogens (tertiary/aromatic N) is 1. The first-order valence-corrected chi connectivity index (χ1v) is 7.40. The number of unbranched alkanes of at least 4 members (excludes halogenated alkanes) is 1. The molecule has 1 aliphatic heterocycles. The monoisotopic (exact) mass is 262 g/mol. The van der Waals surface area contributed by atoms with E-state index in [0.29, 0.717) is 6.04 Å². The predicted octanol–water partition coefficient (Wildman–Crippen LogP) is 2.45. The molecule has 3 nitrogen and oxygen atoms in total. The van der Waals surface area contributed by atoms with Gasteiger partial charge in [-0.25, -0.2) is 0 Å². The summed E-state index contributed by atoms with van der Waals surface area (Å²) in [4.78, 5) is 2.57. The normalized spacial score (nSPS) is 20.4. The minimum absolute atomic E-state index is 0.672. The van der Waals surface area contributed by atoms with Crippen molar-refractivity contribution in [1.29, 1.82) is 0 Å². The quantitative estimate of drug-likeness (QED) is 0.797. The Hall–Kier alpha value is -1.06. The number of hydrogen-bond acceptors (Lipinski definition) is 3. The molecule has 0 saturated carbocycles. The van der Waals surface area contributed by atoms with Crippen LogP contribution in [0.5, 0.6) is 5.75 Å². The molecule has 0 aliphatic carbocycles. The maximum Gasteiger partial charge on any atom is 0.122 e. The van der Waals surface area contributed by atoms with Crippen LogP contribution in [-0.2, 0) is 0 Å². The van der Waals surface area contributed by atoms with E-state index in [9.17, 15) is 0 Å². The van der Waals surface area contributed by atoms with Crippen molar-refractivity contribution in [1.82, 2.24) is 10.2 Å². The van der Waals surface area contributed by atoms with Crippen LogP contribution in [0.1, 0.15) is 25.3 Å². The summed E-state index contributed by atoms with van der Waals surface area (Å²) in [7, 11) is 0. The molecular weight excluding hydrogens is 236 g/mol. The lowest BCUT2D eigenvalue weighted by Gasteiger charge is -2.33. The number of para-hydroxylation sites is 1. The number of benzene rings is 1. The fraction of sp³-hybridized carbons (Fsp3) is 0.625. The Morgan fingerprint density at radius 1 is 1.32 bits per heavy atom. The average Bonchev–Trinajstić information content (AvgIpc) is 2.42. The van der Waals surface area contributed by atoms with Gasteiger partial charge in [0.2, 0.25) is 0 Å². The van der Waals surface area contributed by atoms with Crippen LogP contribution in [-0.4, -0.2) is 43.7 Å². The Bertz CT molecular complexity index is 381. The van der Waals surface area contributed by atoms with Crippen molar-refractivity contribution in [3.8, 4) is 5.75 Å². The minimum atomic E-state index is 0.672. The highest BCUT2D eigenvalue weighted by molar-refractivity contribution is 5.31. The summed E-state index contributed by atoms with van der Waals surface area (Å²) in [5.41, 5.74) is 1.22. The maximum atomic E-state index is 5.82. The summed E-state index contributed by atoms with van der Waals surface area (Å²) in [5, 5.41) is 3.43. The summed E-state index contributed by atoms with van der Waals surface area (Å²) < 4.78 is 5.82. The molecule has 1 heterocycles. The molecule has 0 aromatic heterocycles. The zero-order valence-corrected chi connectivity index (χ0v) is 12.2. The average molecular weight is 262 g/mol. The molecule has 106 valence electrons. The lowest BCUT2D eigenvalue weighted by Crippen LogP contribution is -2.49. The topological polar surface area (TPSA) is 24.5 Å². The van der Waals surface area contributed by atoms with Gasteiger partial charge in [0.25, 0.3) is 0 Å². The van der Waals surface area contributed by atoms with Gasteiger partial charge in [-0.1, -0.05) is 18.2 Å². The number of rotatable bonds is 6. The van der Waals surface area contributed by atoms with Gasteiger partial charge in [-0.2, -0.15) is 0 Å². The van der Waals surface area contributed by atoms with Crippen molar-refractivity contribution < 1.29 is 4.74 Å². The van der Waals surface area contributed by atoms with Crippen LogP contribution in [0.2, 0.25) is 0 Å². The minimum Gasteiger partial charge on any atom is -0.493 e. The van der Waals surface area contributed by atoms with Crippen LogP contribution < -0.4 is 10.1 Å². The van der Waals surface area contributed by atoms with Crippen molar-refractivity contribution in [2.45, 2.75) is 32.7 Å². The van der Waals surface area contributed by atoms with Crippen molar-refractivity contribution in [3.63, 3.8) is 0 Å². The van der Waals surface area contributed by atoms with E-state index in [0.717, 1.165) is 31.9 Å². The molecule has 19 heavy (non-hydrogen) atoms. The van der Waals surface area contributed by atoms with Gasteiger partial charge >= 0.3 is 0 Å². The van der Waals surface area contributed by atoms with Gasteiger partial charge in [0.05, 0.1) is 6.61 Å². The molecule has 1 aromatic carbocycles. The molecule has 1 saturated heterocycles. The van der Waals surface area contributed by atoms with Gasteiger partial charge in [-0.3, -0.25) is 4.90 Å². The fourth-order valence-corrected chi connectivity index (χ4v) is 2.53. The van der Waals surface area contributed by atoms with E-state index in [1.54, 1.807) is 0 Å². The third kappa shape index (κ3) is 4.51. The Kier molecular flexibility index (Phi) is 5.67. The SMILES string of the molecule is Cc1ccccc1OCCCCN1CCNCC1C. The number of hydrogen-bond donors (Lipinski definition) is 1. The molecule has 2 rings (SSSR count). The smallest absolute Gasteiger partial charge is 0.122 e. The third-order valence-electron chi connectivity index (χ3n) is 3.83. The van der Waals surface area contributed by atoms with Gasteiger partial charge in [0.15, 0.2) is 0 Å². The highest BCUT2D eigenvalue weighted by Gasteiger charge is 2.16. The van der Waals surface area contributed by atoms with Gasteiger partial charge in [0.1, 0.15) is 5.75 Å². The molecule has 3 heteroatoms. The predicted molar refractivity (Wildman–Crippen MR) is 79.8 cm³/mol. The maximum absolute atomic E-state index is 5.82. The number of nitrogens with one attached hydrogen (secondary N) is 1. The summed E-state index contributed by atoms with van der Waals surface area (Å²) in [6, 6.07) is 8.90. The van der Waals surface area contributed by atoms with Crippen LogP contribution >= 0.6 is 0 Å². The van der Waals surface area contributed by atoms with E-state index >= 15 is 0 Å². The lowest BCUT2D eigenvalue weighted by molar-refractivity contribution is 0.166. The molecule has 1 fully saturated rings. The van der Waals surface area contributed by atoms with E-state index in [1.807, 2.05) is 18.2 Å². The molecule has 0 spiro atoms. The van der Waals surface area contributed by atoms with Gasteiger partial charge in [0, 0.05) is 25.7 Å². The fourth-order valence-electron chi connectivity index (χ4n) is 2.53. The highest BCUT2D eigenvalue weighted by atomic mass is 16.5. The van der Waals surface area contributed by atoms with Crippen LogP contribution in [0.4, 0.5) is 0 Å². The summed E-state index contributed by atoms with van der Waals surface area (Å²) in [6.07, 6.45) is 2.35. The van der Waals surface area contributed by atoms with Crippen molar-refractivity contribution >= 4 is 0 Å². The zero-order chi connectivity index (χ0) is 13.5. The Balaban J connectivity index is 1.61. The second kappa shape index (κ2) is 7.51. The summed E-state index contributed by atoms with van der Waals surface area (Å²) in [6.45, 7) is 9.85. The second-order valence-corrected chi connectivity index (χ2v) is 5.41. The molecule has 0 bridgehead atoms. The van der Waals surface area contributed by atoms with Crippen LogP contribution in [0.15, 0.2) is 24.3 Å². The summed E-state index contributed by atoms with van der Waals surface area (Å²) >= 11 is 0. The first-order chi connectivity index (χ1) is 9.27. The second-order valence-electron chi connectivity index (χ2n) is 5.41. The zero-order valence-electron chi connectivity index (χ0n) is 12.2. The number of piperazine rings is 1. The Labute approximate surface area is 116 Å². The molecular formula is C16H26N2O. The van der Waals surface area contributed by atoms with Crippen molar-refractivity contribution in [2.75, 3.05) is 32.8 Å². The van der Waals surface area contributed by atoms with E-state index in [4.69, 9.17) is 4.74 Å². The lowest BCUT2D eigenvalue weighted by atomic mass is 10.2. The van der Waals surface area contributed by atoms with E-state index < -0.39 is 0 Å². The van der Waals surface area contributed by atoms with Gasteiger partial charge in [-0.15, -0.1) is 0 Å². The molecule has 1 atom stereocenters. The van der Waals surface area contributed by atoms with E-state index in [2.05, 4.69) is 30.1 Å². The van der Waals surface area contributed by atoms with Crippen LogP contribution in [0, 0.1) is 6.92 Å². The van der Waals surface area contributed by atoms with Crippen molar-refractivity contribution in [2.24, 2.45) is 0 Å². The van der Waals surface area contributed by atoms with Gasteiger partial charge in [-0.05, 0) is 44.9 Å². The standard InChI is InChI=1S/C16H26N2O/c1-14-7-3-4-8-16(14)19-12-6-5-10-18-11-9-17-13-15(18)2/h3-4,7-8,15,17H,5-6,9-13H2,1-2H3. The Morgan fingerprint density at radius 3 is 2.95 bits per heavy atom. The van der Waals surface area contributed by atoms with E-state index in [1.165, 1.54) is 25.1 Å². The number of ether oxygens (including phenoxy) is 1. The van der Waals surface area contributed by atoms with Crippen LogP contribution in [0.3, 0.4) is 0 Å². The molecule has 0 radical (unpaired) electrons. The molecule has 1 unspecified atom stereocenters. The first-order valence-electron chi connectivity index (χ1n) is 7.40. The Morgan fingerprint density at radius 2 is 2.16 bits per heavy atom. The molecule has 1 aromatic rings.